The predicted octanol–water partition coefficient (Wildman–Crippen LogP) is 0.546. The van der Waals surface area contributed by atoms with Crippen molar-refractivity contribution in [2.75, 3.05) is 38.2 Å². The molecule has 0 radical (unpaired) electrons. The van der Waals surface area contributed by atoms with Crippen molar-refractivity contribution in [1.29, 1.82) is 0 Å². The van der Waals surface area contributed by atoms with Gasteiger partial charge in [-0.1, -0.05) is 0 Å². The molecule has 1 atom stereocenters. The molecule has 2 aromatic rings. The molecule has 1 aromatic heterocycles. The lowest BCUT2D eigenvalue weighted by molar-refractivity contribution is 0.0340. The van der Waals surface area contributed by atoms with E-state index in [1.807, 2.05) is 19.2 Å². The van der Waals surface area contributed by atoms with Gasteiger partial charge in [0, 0.05) is 32.4 Å². The molecule has 2 heterocycles. The van der Waals surface area contributed by atoms with E-state index < -0.39 is 5.76 Å². The van der Waals surface area contributed by atoms with Crippen LogP contribution in [0.1, 0.15) is 0 Å². The normalized spacial score (nSPS) is 19.7. The number of oxazole rings is 1. The fourth-order valence-electron chi connectivity index (χ4n) is 2.33. The molecule has 0 bridgehead atoms. The van der Waals surface area contributed by atoms with E-state index in [1.165, 1.54) is 0 Å². The Kier molecular flexibility index (Phi) is 3.27. The molecule has 0 aliphatic carbocycles. The van der Waals surface area contributed by atoms with Gasteiger partial charge in [-0.3, -0.25) is 4.98 Å². The summed E-state index contributed by atoms with van der Waals surface area (Å²) < 4.78 is 10.7. The summed E-state index contributed by atoms with van der Waals surface area (Å²) in [5.41, 5.74) is 2.33. The average molecular weight is 263 g/mol. The smallest absolute Gasteiger partial charge is 0.408 e. The number of aromatic amines is 1. The van der Waals surface area contributed by atoms with Crippen LogP contribution in [0.25, 0.3) is 11.1 Å². The van der Waals surface area contributed by atoms with Crippen LogP contribution in [0.2, 0.25) is 0 Å². The van der Waals surface area contributed by atoms with Gasteiger partial charge in [-0.15, -0.1) is 0 Å². The van der Waals surface area contributed by atoms with E-state index in [-0.39, 0.29) is 6.10 Å². The van der Waals surface area contributed by atoms with Gasteiger partial charge in [0.25, 0.3) is 0 Å². The van der Waals surface area contributed by atoms with Gasteiger partial charge in [0.05, 0.1) is 18.2 Å². The Morgan fingerprint density at radius 2 is 2.37 bits per heavy atom. The van der Waals surface area contributed by atoms with Crippen LogP contribution >= 0.6 is 0 Å². The fourth-order valence-corrected chi connectivity index (χ4v) is 2.33. The minimum Gasteiger partial charge on any atom is -0.408 e. The molecule has 19 heavy (non-hydrogen) atoms. The van der Waals surface area contributed by atoms with Crippen LogP contribution in [0.5, 0.6) is 0 Å². The molecule has 1 aromatic carbocycles. The molecule has 0 saturated carbocycles. The highest BCUT2D eigenvalue weighted by molar-refractivity contribution is 5.77. The molecule has 6 nitrogen and oxygen atoms in total. The topological polar surface area (TPSA) is 70.5 Å². The van der Waals surface area contributed by atoms with Crippen molar-refractivity contribution in [3.63, 3.8) is 0 Å². The van der Waals surface area contributed by atoms with E-state index in [2.05, 4.69) is 15.2 Å². The predicted molar refractivity (Wildman–Crippen MR) is 72.7 cm³/mol. The highest BCUT2D eigenvalue weighted by Crippen LogP contribution is 2.19. The number of hydrogen-bond donors (Lipinski definition) is 2. The zero-order chi connectivity index (χ0) is 13.2. The minimum absolute atomic E-state index is 0.192. The first-order valence-corrected chi connectivity index (χ1v) is 6.39. The zero-order valence-electron chi connectivity index (χ0n) is 10.8. The molecule has 1 aliphatic heterocycles. The Bertz CT molecular complexity index is 613. The van der Waals surface area contributed by atoms with Gasteiger partial charge in [0.1, 0.15) is 0 Å². The van der Waals surface area contributed by atoms with Crippen LogP contribution in [0, 0.1) is 0 Å². The number of nitrogens with one attached hydrogen (secondary N) is 2. The van der Waals surface area contributed by atoms with E-state index >= 15 is 0 Å². The second-order valence-electron chi connectivity index (χ2n) is 4.77. The first-order chi connectivity index (χ1) is 9.22. The van der Waals surface area contributed by atoms with Gasteiger partial charge in [-0.05, 0) is 18.2 Å². The number of anilines is 1. The molecule has 1 unspecified atom stereocenters. The van der Waals surface area contributed by atoms with Crippen molar-refractivity contribution < 1.29 is 9.15 Å². The lowest BCUT2D eigenvalue weighted by Crippen LogP contribution is -2.44. The number of morpholine rings is 1. The number of benzene rings is 1. The summed E-state index contributed by atoms with van der Waals surface area (Å²) in [6.07, 6.45) is 0.192. The Morgan fingerprint density at radius 3 is 3.16 bits per heavy atom. The van der Waals surface area contributed by atoms with Crippen molar-refractivity contribution in [3.8, 4) is 0 Å². The van der Waals surface area contributed by atoms with E-state index in [0.717, 1.165) is 37.4 Å². The van der Waals surface area contributed by atoms with E-state index in [0.29, 0.717) is 5.58 Å². The van der Waals surface area contributed by atoms with E-state index in [4.69, 9.17) is 9.15 Å². The molecule has 0 spiro atoms. The number of ether oxygens (including phenoxy) is 1. The summed E-state index contributed by atoms with van der Waals surface area (Å²) in [7, 11) is 2.01. The second-order valence-corrected chi connectivity index (χ2v) is 4.77. The number of H-pyrrole nitrogens is 1. The summed E-state index contributed by atoms with van der Waals surface area (Å²) in [6.45, 7) is 3.35. The maximum absolute atomic E-state index is 11.1. The van der Waals surface area contributed by atoms with Gasteiger partial charge in [-0.25, -0.2) is 4.79 Å². The molecule has 102 valence electrons. The summed E-state index contributed by atoms with van der Waals surface area (Å²) in [5, 5.41) is 3.31. The first-order valence-electron chi connectivity index (χ1n) is 6.39. The highest BCUT2D eigenvalue weighted by Gasteiger charge is 2.16. The molecular formula is C13H17N3O3. The largest absolute Gasteiger partial charge is 0.417 e. The third kappa shape index (κ3) is 2.64. The molecule has 3 rings (SSSR count). The Hall–Kier alpha value is -1.79. The SMILES string of the molecule is CN(CC1CNCCO1)c1ccc2oc(=O)[nH]c2c1. The Morgan fingerprint density at radius 1 is 1.47 bits per heavy atom. The first kappa shape index (κ1) is 12.3. The minimum atomic E-state index is -0.422. The fraction of sp³-hybridized carbons (Fsp3) is 0.462. The summed E-state index contributed by atoms with van der Waals surface area (Å²) in [4.78, 5) is 15.9. The standard InChI is InChI=1S/C13H17N3O3/c1-16(8-10-7-14-4-5-18-10)9-2-3-12-11(6-9)15-13(17)19-12/h2-3,6,10,14H,4-5,7-8H2,1H3,(H,15,17). The Labute approximate surface area is 110 Å². The lowest BCUT2D eigenvalue weighted by atomic mass is 10.2. The molecular weight excluding hydrogens is 246 g/mol. The van der Waals surface area contributed by atoms with E-state index in [9.17, 15) is 4.79 Å². The van der Waals surface area contributed by atoms with Crippen molar-refractivity contribution in [1.82, 2.24) is 10.3 Å². The van der Waals surface area contributed by atoms with E-state index in [1.54, 1.807) is 6.07 Å². The third-order valence-corrected chi connectivity index (χ3v) is 3.33. The van der Waals surface area contributed by atoms with Crippen molar-refractivity contribution >= 4 is 16.8 Å². The van der Waals surface area contributed by atoms with Crippen LogP contribution in [-0.2, 0) is 4.74 Å². The number of likely N-dealkylation sites (N-methyl/N-ethyl adjacent to an activating group) is 1. The monoisotopic (exact) mass is 263 g/mol. The summed E-state index contributed by atoms with van der Waals surface area (Å²) in [5.74, 6) is -0.422. The maximum Gasteiger partial charge on any atom is 0.417 e. The zero-order valence-corrected chi connectivity index (χ0v) is 10.8. The van der Waals surface area contributed by atoms with Crippen LogP contribution in [0.3, 0.4) is 0 Å². The molecule has 0 amide bonds. The van der Waals surface area contributed by atoms with Crippen LogP contribution in [0.15, 0.2) is 27.4 Å². The molecule has 1 fully saturated rings. The van der Waals surface area contributed by atoms with Crippen molar-refractivity contribution in [2.24, 2.45) is 0 Å². The third-order valence-electron chi connectivity index (χ3n) is 3.33. The lowest BCUT2D eigenvalue weighted by Gasteiger charge is -2.29. The van der Waals surface area contributed by atoms with Crippen molar-refractivity contribution in [3.05, 3.63) is 28.7 Å². The highest BCUT2D eigenvalue weighted by atomic mass is 16.5. The average Bonchev–Trinajstić information content (AvgIpc) is 2.78. The van der Waals surface area contributed by atoms with Gasteiger partial charge >= 0.3 is 5.76 Å². The molecule has 2 N–H and O–H groups in total. The number of hydrogen-bond acceptors (Lipinski definition) is 5. The van der Waals surface area contributed by atoms with Crippen LogP contribution in [-0.4, -0.2) is 44.4 Å². The van der Waals surface area contributed by atoms with Gasteiger partial charge in [-0.2, -0.15) is 0 Å². The Balaban J connectivity index is 1.76. The van der Waals surface area contributed by atoms with Gasteiger partial charge < -0.3 is 19.4 Å². The van der Waals surface area contributed by atoms with Crippen LogP contribution in [0.4, 0.5) is 5.69 Å². The number of rotatable bonds is 3. The molecule has 1 aliphatic rings. The number of aromatic nitrogens is 1. The van der Waals surface area contributed by atoms with Crippen LogP contribution < -0.4 is 16.0 Å². The summed E-state index contributed by atoms with van der Waals surface area (Å²) >= 11 is 0. The maximum atomic E-state index is 11.1. The molecule has 6 heteroatoms. The van der Waals surface area contributed by atoms with Crippen molar-refractivity contribution in [2.45, 2.75) is 6.10 Å². The number of fused-ring (bicyclic) bond motifs is 1. The summed E-state index contributed by atoms with van der Waals surface area (Å²) in [6, 6.07) is 5.66. The quantitative estimate of drug-likeness (QED) is 0.846. The number of nitrogens with zero attached hydrogens (tertiary/aromatic N) is 1. The second kappa shape index (κ2) is 5.07. The van der Waals surface area contributed by atoms with Gasteiger partial charge in [0.2, 0.25) is 0 Å². The van der Waals surface area contributed by atoms with Gasteiger partial charge in [0.15, 0.2) is 5.58 Å². The molecule has 1 saturated heterocycles.